The first-order valence-corrected chi connectivity index (χ1v) is 5.13. The van der Waals surface area contributed by atoms with Gasteiger partial charge in [-0.2, -0.15) is 4.98 Å². The van der Waals surface area contributed by atoms with Gasteiger partial charge in [-0.3, -0.25) is 0 Å². The highest BCUT2D eigenvalue weighted by Gasteiger charge is 2.08. The highest BCUT2D eigenvalue weighted by atomic mass is 16.5. The van der Waals surface area contributed by atoms with Gasteiger partial charge in [-0.15, -0.1) is 0 Å². The summed E-state index contributed by atoms with van der Waals surface area (Å²) in [7, 11) is 3.24. The molecule has 2 aromatic rings. The van der Waals surface area contributed by atoms with Gasteiger partial charge in [0.1, 0.15) is 17.8 Å². The van der Waals surface area contributed by atoms with Gasteiger partial charge in [0, 0.05) is 18.1 Å². The quantitative estimate of drug-likeness (QED) is 0.874. The number of anilines is 1. The molecule has 1 aromatic carbocycles. The van der Waals surface area contributed by atoms with Crippen molar-refractivity contribution in [3.8, 4) is 11.5 Å². The summed E-state index contributed by atoms with van der Waals surface area (Å²) in [5.41, 5.74) is 7.19. The predicted octanol–water partition coefficient (Wildman–Crippen LogP) is 1.86. The summed E-state index contributed by atoms with van der Waals surface area (Å²) in [6.45, 7) is 0. The van der Waals surface area contributed by atoms with Gasteiger partial charge in [0.15, 0.2) is 0 Å². The van der Waals surface area contributed by atoms with Gasteiger partial charge in [-0.25, -0.2) is 0 Å². The van der Waals surface area contributed by atoms with E-state index in [1.54, 1.807) is 20.5 Å². The van der Waals surface area contributed by atoms with Crippen LogP contribution in [-0.4, -0.2) is 19.2 Å². The summed E-state index contributed by atoms with van der Waals surface area (Å²) >= 11 is 0. The molecule has 2 N–H and O–H groups in total. The van der Waals surface area contributed by atoms with Crippen molar-refractivity contribution < 1.29 is 13.9 Å². The standard InChI is InChI=1S/C12H14N2O3/c1-15-10-4-3-8(11(6-10)16-2)5-9-7-17-12(13)14-9/h3-4,6-7H,5H2,1-2H3,(H2,13,14). The molecule has 5 nitrogen and oxygen atoms in total. The maximum Gasteiger partial charge on any atom is 0.292 e. The third kappa shape index (κ3) is 2.50. The number of rotatable bonds is 4. The number of ether oxygens (including phenoxy) is 2. The topological polar surface area (TPSA) is 70.5 Å². The molecule has 0 atom stereocenters. The third-order valence-corrected chi connectivity index (χ3v) is 2.44. The Bertz CT molecular complexity index is 508. The molecule has 0 amide bonds. The number of methoxy groups -OCH3 is 2. The van der Waals surface area contributed by atoms with E-state index in [9.17, 15) is 0 Å². The number of nitrogen functional groups attached to an aromatic ring is 1. The zero-order valence-corrected chi connectivity index (χ0v) is 9.77. The van der Waals surface area contributed by atoms with E-state index in [2.05, 4.69) is 4.98 Å². The van der Waals surface area contributed by atoms with Crippen molar-refractivity contribution in [2.45, 2.75) is 6.42 Å². The van der Waals surface area contributed by atoms with Gasteiger partial charge >= 0.3 is 0 Å². The van der Waals surface area contributed by atoms with Crippen molar-refractivity contribution in [1.29, 1.82) is 0 Å². The van der Waals surface area contributed by atoms with E-state index in [1.807, 2.05) is 18.2 Å². The van der Waals surface area contributed by atoms with Crippen molar-refractivity contribution in [3.05, 3.63) is 35.7 Å². The maximum absolute atomic E-state index is 5.42. The van der Waals surface area contributed by atoms with Gasteiger partial charge in [0.05, 0.1) is 19.9 Å². The van der Waals surface area contributed by atoms with Gasteiger partial charge in [0.2, 0.25) is 0 Å². The lowest BCUT2D eigenvalue weighted by atomic mass is 10.1. The number of hydrogen-bond donors (Lipinski definition) is 1. The fraction of sp³-hybridized carbons (Fsp3) is 0.250. The molecule has 5 heteroatoms. The first-order valence-electron chi connectivity index (χ1n) is 5.13. The largest absolute Gasteiger partial charge is 0.497 e. The molecule has 2 rings (SSSR count). The highest BCUT2D eigenvalue weighted by molar-refractivity contribution is 5.42. The summed E-state index contributed by atoms with van der Waals surface area (Å²) in [6, 6.07) is 5.82. The van der Waals surface area contributed by atoms with E-state index >= 15 is 0 Å². The molecule has 0 aliphatic carbocycles. The molecule has 0 saturated carbocycles. The second kappa shape index (κ2) is 4.78. The second-order valence-electron chi connectivity index (χ2n) is 3.53. The van der Waals surface area contributed by atoms with Crippen LogP contribution in [0.3, 0.4) is 0 Å². The van der Waals surface area contributed by atoms with Gasteiger partial charge < -0.3 is 19.6 Å². The van der Waals surface area contributed by atoms with Crippen LogP contribution in [0.4, 0.5) is 6.01 Å². The molecule has 0 radical (unpaired) electrons. The Morgan fingerprint density at radius 2 is 2.12 bits per heavy atom. The summed E-state index contributed by atoms with van der Waals surface area (Å²) in [5, 5.41) is 0. The van der Waals surface area contributed by atoms with Crippen LogP contribution in [0.2, 0.25) is 0 Å². The third-order valence-electron chi connectivity index (χ3n) is 2.44. The van der Waals surface area contributed by atoms with E-state index < -0.39 is 0 Å². The fourth-order valence-electron chi connectivity index (χ4n) is 1.60. The number of aromatic nitrogens is 1. The average molecular weight is 234 g/mol. The van der Waals surface area contributed by atoms with Crippen LogP contribution in [0.25, 0.3) is 0 Å². The summed E-state index contributed by atoms with van der Waals surface area (Å²) in [5.74, 6) is 1.51. The second-order valence-corrected chi connectivity index (χ2v) is 3.53. The van der Waals surface area contributed by atoms with Crippen molar-refractivity contribution in [3.63, 3.8) is 0 Å². The molecular formula is C12H14N2O3. The van der Waals surface area contributed by atoms with Crippen LogP contribution in [0.1, 0.15) is 11.3 Å². The number of benzene rings is 1. The van der Waals surface area contributed by atoms with Gasteiger partial charge in [0.25, 0.3) is 6.01 Å². The molecule has 0 unspecified atom stereocenters. The minimum atomic E-state index is 0.174. The summed E-state index contributed by atoms with van der Waals surface area (Å²) in [6.07, 6.45) is 2.15. The molecule has 17 heavy (non-hydrogen) atoms. The molecule has 0 bridgehead atoms. The van der Waals surface area contributed by atoms with Gasteiger partial charge in [-0.1, -0.05) is 6.07 Å². The first-order chi connectivity index (χ1) is 8.22. The highest BCUT2D eigenvalue weighted by Crippen LogP contribution is 2.26. The van der Waals surface area contributed by atoms with E-state index in [1.165, 1.54) is 0 Å². The Kier molecular flexibility index (Phi) is 3.18. The van der Waals surface area contributed by atoms with Gasteiger partial charge in [-0.05, 0) is 6.07 Å². The number of nitrogens with zero attached hydrogens (tertiary/aromatic N) is 1. The normalized spacial score (nSPS) is 10.2. The Morgan fingerprint density at radius 1 is 1.29 bits per heavy atom. The van der Waals surface area contributed by atoms with Crippen molar-refractivity contribution in [2.75, 3.05) is 20.0 Å². The van der Waals surface area contributed by atoms with Crippen LogP contribution in [-0.2, 0) is 6.42 Å². The van der Waals surface area contributed by atoms with E-state index in [4.69, 9.17) is 19.6 Å². The molecule has 0 aliphatic rings. The Balaban J connectivity index is 2.26. The SMILES string of the molecule is COc1ccc(Cc2coc(N)n2)c(OC)c1. The number of nitrogens with two attached hydrogens (primary N) is 1. The lowest BCUT2D eigenvalue weighted by Gasteiger charge is -2.08. The Labute approximate surface area is 99.2 Å². The molecule has 0 saturated heterocycles. The zero-order valence-electron chi connectivity index (χ0n) is 9.77. The molecular weight excluding hydrogens is 220 g/mol. The molecule has 0 fully saturated rings. The first kappa shape index (κ1) is 11.3. The average Bonchev–Trinajstić information content (AvgIpc) is 2.75. The molecule has 0 spiro atoms. The van der Waals surface area contributed by atoms with Crippen LogP contribution < -0.4 is 15.2 Å². The van der Waals surface area contributed by atoms with Crippen molar-refractivity contribution >= 4 is 6.01 Å². The zero-order chi connectivity index (χ0) is 12.3. The van der Waals surface area contributed by atoms with Crippen LogP contribution in [0.5, 0.6) is 11.5 Å². The Morgan fingerprint density at radius 3 is 2.71 bits per heavy atom. The Hall–Kier alpha value is -2.17. The molecule has 0 aliphatic heterocycles. The fourth-order valence-corrected chi connectivity index (χ4v) is 1.60. The smallest absolute Gasteiger partial charge is 0.292 e. The van der Waals surface area contributed by atoms with E-state index in [0.717, 1.165) is 22.8 Å². The van der Waals surface area contributed by atoms with E-state index in [0.29, 0.717) is 6.42 Å². The van der Waals surface area contributed by atoms with E-state index in [-0.39, 0.29) is 6.01 Å². The minimum absolute atomic E-state index is 0.174. The van der Waals surface area contributed by atoms with Crippen LogP contribution in [0, 0.1) is 0 Å². The molecule has 90 valence electrons. The summed E-state index contributed by atoms with van der Waals surface area (Å²) < 4.78 is 15.4. The molecule has 1 heterocycles. The van der Waals surface area contributed by atoms with Crippen molar-refractivity contribution in [1.82, 2.24) is 4.98 Å². The number of hydrogen-bond acceptors (Lipinski definition) is 5. The lowest BCUT2D eigenvalue weighted by Crippen LogP contribution is -1.95. The van der Waals surface area contributed by atoms with Crippen LogP contribution in [0.15, 0.2) is 28.9 Å². The molecule has 1 aromatic heterocycles. The monoisotopic (exact) mass is 234 g/mol. The summed E-state index contributed by atoms with van der Waals surface area (Å²) in [4.78, 5) is 4.05. The lowest BCUT2D eigenvalue weighted by molar-refractivity contribution is 0.391. The van der Waals surface area contributed by atoms with Crippen molar-refractivity contribution in [2.24, 2.45) is 0 Å². The predicted molar refractivity (Wildman–Crippen MR) is 63.3 cm³/mol. The minimum Gasteiger partial charge on any atom is -0.497 e. The maximum atomic E-state index is 5.42. The van der Waals surface area contributed by atoms with Crippen LogP contribution >= 0.6 is 0 Å². The number of oxazole rings is 1.